The molecule has 0 fully saturated rings. The maximum absolute atomic E-state index is 6.43. The van der Waals surface area contributed by atoms with Crippen molar-refractivity contribution in [2.24, 2.45) is 0 Å². The Hall–Kier alpha value is -3.77. The van der Waals surface area contributed by atoms with E-state index in [2.05, 4.69) is 73.2 Å². The number of hydrogen-bond donors (Lipinski definition) is 0. The number of fused-ring (bicyclic) bond motifs is 4. The van der Waals surface area contributed by atoms with Gasteiger partial charge in [0.1, 0.15) is 0 Å². The van der Waals surface area contributed by atoms with Gasteiger partial charge in [-0.05, 0) is 44.2 Å². The number of rotatable bonds is 2. The van der Waals surface area contributed by atoms with Gasteiger partial charge < -0.3 is 4.42 Å². The van der Waals surface area contributed by atoms with E-state index in [0.29, 0.717) is 10.2 Å². The molecule has 0 N–H and O–H groups in total. The lowest BCUT2D eigenvalue weighted by atomic mass is 10.1. The van der Waals surface area contributed by atoms with Crippen molar-refractivity contribution in [3.8, 4) is 0 Å². The van der Waals surface area contributed by atoms with Crippen LogP contribution in [0.1, 0.15) is 18.2 Å². The number of furan rings is 1. The van der Waals surface area contributed by atoms with Crippen LogP contribution in [0.15, 0.2) is 71.4 Å². The normalized spacial score (nSPS) is 20.2. The highest BCUT2D eigenvalue weighted by Gasteiger charge is 2.52. The number of pyridine rings is 1. The average Bonchev–Trinajstić information content (AvgIpc) is 3.27. The lowest BCUT2D eigenvalue weighted by Crippen LogP contribution is -2.50. The van der Waals surface area contributed by atoms with Gasteiger partial charge in [-0.3, -0.25) is 4.90 Å². The van der Waals surface area contributed by atoms with E-state index in [0.717, 1.165) is 50.6 Å². The molecule has 2 atom stereocenters. The Kier molecular flexibility index (Phi) is 3.92. The third-order valence-electron chi connectivity index (χ3n) is 6.77. The minimum absolute atomic E-state index is 0.0157. The monoisotopic (exact) mass is 422 g/mol. The van der Waals surface area contributed by atoms with Crippen LogP contribution in [-0.2, 0) is 0 Å². The minimum Gasteiger partial charge on any atom is -0.431 e. The zero-order chi connectivity index (χ0) is 22.0. The number of anilines is 2. The molecular weight excluding hydrogens is 398 g/mol. The Labute approximate surface area is 186 Å². The summed E-state index contributed by atoms with van der Waals surface area (Å²) in [4.78, 5) is 16.5. The van der Waals surface area contributed by atoms with E-state index in [1.165, 1.54) is 0 Å². The molecule has 5 aromatic rings. The Morgan fingerprint density at radius 3 is 2.47 bits per heavy atom. The first-order valence-electron chi connectivity index (χ1n) is 10.8. The van der Waals surface area contributed by atoms with Crippen molar-refractivity contribution < 1.29 is 4.42 Å². The van der Waals surface area contributed by atoms with Crippen LogP contribution in [0.3, 0.4) is 0 Å². The van der Waals surface area contributed by atoms with Gasteiger partial charge in [0, 0.05) is 40.8 Å². The molecule has 6 nitrogen and oxygen atoms in total. The molecule has 2 unspecified atom stereocenters. The lowest BCUT2D eigenvalue weighted by Gasteiger charge is -2.35. The van der Waals surface area contributed by atoms with E-state index in [9.17, 15) is 0 Å². The fraction of sp³-hybridized carbons (Fsp3) is 0.192. The zero-order valence-electron chi connectivity index (χ0n) is 18.6. The SMILES string of the molecule is Cc1ccc2c(n1)oc1c([N+]3(C)c4nccnc4N(c4ccccc4)C3C)c(C)ccc12. The fourth-order valence-corrected chi connectivity index (χ4v) is 5.10. The van der Waals surface area contributed by atoms with Crippen LogP contribution in [0, 0.1) is 13.8 Å². The molecular formula is C26H24N5O+. The van der Waals surface area contributed by atoms with Crippen LogP contribution in [0.4, 0.5) is 23.0 Å². The van der Waals surface area contributed by atoms with Crippen molar-refractivity contribution in [1.82, 2.24) is 19.4 Å². The molecule has 6 heteroatoms. The molecule has 0 saturated carbocycles. The lowest BCUT2D eigenvalue weighted by molar-refractivity contribution is 0.379. The van der Waals surface area contributed by atoms with E-state index >= 15 is 0 Å². The number of nitrogens with zero attached hydrogens (tertiary/aromatic N) is 5. The third kappa shape index (κ3) is 2.41. The van der Waals surface area contributed by atoms with Gasteiger partial charge in [0.25, 0.3) is 5.82 Å². The van der Waals surface area contributed by atoms with Gasteiger partial charge in [-0.15, -0.1) is 0 Å². The van der Waals surface area contributed by atoms with E-state index in [1.54, 1.807) is 12.4 Å². The van der Waals surface area contributed by atoms with Crippen molar-refractivity contribution in [1.29, 1.82) is 0 Å². The maximum atomic E-state index is 6.43. The molecule has 3 aromatic heterocycles. The van der Waals surface area contributed by atoms with Crippen molar-refractivity contribution in [2.45, 2.75) is 26.9 Å². The van der Waals surface area contributed by atoms with E-state index < -0.39 is 0 Å². The predicted molar refractivity (Wildman–Crippen MR) is 128 cm³/mol. The molecule has 1 aliphatic heterocycles. The van der Waals surface area contributed by atoms with Gasteiger partial charge in [0.2, 0.25) is 11.5 Å². The Morgan fingerprint density at radius 2 is 1.66 bits per heavy atom. The van der Waals surface area contributed by atoms with Crippen LogP contribution in [0.25, 0.3) is 22.1 Å². The summed E-state index contributed by atoms with van der Waals surface area (Å²) in [7, 11) is 2.20. The first-order valence-corrected chi connectivity index (χ1v) is 10.8. The van der Waals surface area contributed by atoms with Crippen LogP contribution in [0.2, 0.25) is 0 Å². The zero-order valence-corrected chi connectivity index (χ0v) is 18.6. The summed E-state index contributed by atoms with van der Waals surface area (Å²) in [6.45, 7) is 6.34. The second kappa shape index (κ2) is 6.61. The molecule has 0 saturated heterocycles. The van der Waals surface area contributed by atoms with Gasteiger partial charge >= 0.3 is 0 Å². The van der Waals surface area contributed by atoms with Crippen LogP contribution in [-0.4, -0.2) is 28.2 Å². The quantitative estimate of drug-likeness (QED) is 0.319. The maximum Gasteiger partial charge on any atom is 0.278 e. The summed E-state index contributed by atoms with van der Waals surface area (Å²) >= 11 is 0. The molecule has 0 amide bonds. The second-order valence-corrected chi connectivity index (χ2v) is 8.63. The summed E-state index contributed by atoms with van der Waals surface area (Å²) in [6, 6.07) is 18.8. The first-order chi connectivity index (χ1) is 15.5. The highest BCUT2D eigenvalue weighted by Crippen LogP contribution is 2.53. The fourth-order valence-electron chi connectivity index (χ4n) is 5.10. The van der Waals surface area contributed by atoms with Crippen LogP contribution in [0.5, 0.6) is 0 Å². The van der Waals surface area contributed by atoms with Gasteiger partial charge in [-0.1, -0.05) is 24.3 Å². The summed E-state index contributed by atoms with van der Waals surface area (Å²) in [6.07, 6.45) is 3.55. The van der Waals surface area contributed by atoms with Crippen LogP contribution >= 0.6 is 0 Å². The topological polar surface area (TPSA) is 55.1 Å². The summed E-state index contributed by atoms with van der Waals surface area (Å²) in [5.74, 6) is 1.78. The van der Waals surface area contributed by atoms with Crippen molar-refractivity contribution in [3.05, 3.63) is 78.2 Å². The highest BCUT2D eigenvalue weighted by molar-refractivity contribution is 6.09. The minimum atomic E-state index is 0.0157. The number of benzene rings is 2. The number of aromatic nitrogens is 3. The number of hydrogen-bond acceptors (Lipinski definition) is 5. The molecule has 0 aliphatic carbocycles. The third-order valence-corrected chi connectivity index (χ3v) is 6.77. The number of para-hydroxylation sites is 1. The molecule has 4 heterocycles. The Balaban J connectivity index is 1.68. The molecule has 0 bridgehead atoms. The first kappa shape index (κ1) is 19.0. The van der Waals surface area contributed by atoms with Crippen molar-refractivity contribution >= 4 is 45.1 Å². The molecule has 1 aliphatic rings. The van der Waals surface area contributed by atoms with Crippen molar-refractivity contribution in [2.75, 3.05) is 11.9 Å². The predicted octanol–water partition coefficient (Wildman–Crippen LogP) is 6.15. The standard InChI is InChI=1S/C26H24N5O/c1-16-10-12-20-21-13-11-17(2)29-26(21)32-23(20)22(16)31(4)18(3)30(19-8-6-5-7-9-19)24-25(31)28-15-14-27-24/h5-15,18H,1-4H3/q+1. The Morgan fingerprint density at radius 1 is 0.906 bits per heavy atom. The van der Waals surface area contributed by atoms with Gasteiger partial charge in [0.05, 0.1) is 13.2 Å². The van der Waals surface area contributed by atoms with Gasteiger partial charge in [-0.2, -0.15) is 4.98 Å². The molecule has 158 valence electrons. The molecule has 2 aromatic carbocycles. The average molecular weight is 423 g/mol. The molecule has 0 radical (unpaired) electrons. The smallest absolute Gasteiger partial charge is 0.278 e. The van der Waals surface area contributed by atoms with Gasteiger partial charge in [-0.25, -0.2) is 14.5 Å². The van der Waals surface area contributed by atoms with E-state index in [4.69, 9.17) is 14.4 Å². The van der Waals surface area contributed by atoms with Crippen molar-refractivity contribution in [3.63, 3.8) is 0 Å². The molecule has 0 spiro atoms. The summed E-state index contributed by atoms with van der Waals surface area (Å²) < 4.78 is 6.89. The highest BCUT2D eigenvalue weighted by atomic mass is 16.3. The Bertz CT molecular complexity index is 1490. The summed E-state index contributed by atoms with van der Waals surface area (Å²) in [5.41, 5.74) is 5.80. The van der Waals surface area contributed by atoms with E-state index in [1.807, 2.05) is 19.1 Å². The number of quaternary nitrogens is 1. The van der Waals surface area contributed by atoms with Gasteiger partial charge in [0.15, 0.2) is 17.4 Å². The second-order valence-electron chi connectivity index (χ2n) is 8.63. The summed E-state index contributed by atoms with van der Waals surface area (Å²) in [5, 5.41) is 2.10. The number of aryl methyl sites for hydroxylation is 2. The van der Waals surface area contributed by atoms with E-state index in [-0.39, 0.29) is 6.17 Å². The molecule has 6 rings (SSSR count). The van der Waals surface area contributed by atoms with Crippen LogP contribution < -0.4 is 9.38 Å². The largest absolute Gasteiger partial charge is 0.431 e. The molecule has 32 heavy (non-hydrogen) atoms.